The third-order valence-electron chi connectivity index (χ3n) is 14.1. The second kappa shape index (κ2) is 28.6. The molecular formula is C57H88N6O12. The van der Waals surface area contributed by atoms with Crippen molar-refractivity contribution in [3.63, 3.8) is 0 Å². The number of nitrogens with zero attached hydrogens (tertiary/aromatic N) is 4. The molecule has 418 valence electrons. The van der Waals surface area contributed by atoms with Crippen LogP contribution in [-0.2, 0) is 49.4 Å². The van der Waals surface area contributed by atoms with E-state index in [1.807, 2.05) is 76.8 Å². The van der Waals surface area contributed by atoms with E-state index in [0.29, 0.717) is 37.6 Å². The van der Waals surface area contributed by atoms with Crippen molar-refractivity contribution < 1.29 is 57.3 Å². The van der Waals surface area contributed by atoms with E-state index in [9.17, 15) is 33.6 Å². The summed E-state index contributed by atoms with van der Waals surface area (Å²) < 4.78 is 23.7. The highest BCUT2D eigenvalue weighted by Crippen LogP contribution is 2.30. The first-order chi connectivity index (χ1) is 35.4. The highest BCUT2D eigenvalue weighted by molar-refractivity contribution is 6.20. The summed E-state index contributed by atoms with van der Waals surface area (Å²) in [6.07, 6.45) is 0.672. The molecule has 4 rings (SSSR count). The van der Waals surface area contributed by atoms with Crippen molar-refractivity contribution in [2.45, 2.75) is 163 Å². The van der Waals surface area contributed by atoms with Crippen LogP contribution in [0.15, 0.2) is 54.6 Å². The summed E-state index contributed by atoms with van der Waals surface area (Å²) in [5, 5.41) is 7.08. The number of esters is 1. The molecule has 2 aromatic rings. The minimum atomic E-state index is -1.18. The van der Waals surface area contributed by atoms with Gasteiger partial charge in [-0.3, -0.25) is 38.5 Å². The zero-order valence-electron chi connectivity index (χ0n) is 47.4. The van der Waals surface area contributed by atoms with Gasteiger partial charge in [0.15, 0.2) is 0 Å². The number of likely N-dealkylation sites (N-methyl/N-ethyl adjacent to an activating group) is 1. The van der Waals surface area contributed by atoms with Gasteiger partial charge in [0.25, 0.3) is 11.8 Å². The Morgan fingerprint density at radius 3 is 1.97 bits per heavy atom. The Morgan fingerprint density at radius 1 is 0.827 bits per heavy atom. The number of amides is 6. The van der Waals surface area contributed by atoms with Crippen molar-refractivity contribution in [3.05, 3.63) is 71.3 Å². The zero-order chi connectivity index (χ0) is 55.9. The standard InChI is InChI=1S/C57H88N6O12/c1-16-38(8)49(45(71-14)32-46(64)61-28-22-27-44(61)50(72-15)39(9)33-58-43(55(69)73-34-35(2)3)31-40-23-18-17-19-24-40)60(13)54(68)47(36(4)5)59-51(65)48(37(6)7)62(56(70)75-57(10,11)12)29-30-74-63-52(66)41-25-20-21-26-42(41)53(63)67/h17-21,23-26,35-39,43-45,47-50,58H,16,22,27-34H2,1-15H3,(H,59,65)/t38-,39-,43-,44-,45+,47-,48-,49-,50+/m0/s1. The van der Waals surface area contributed by atoms with Crippen LogP contribution in [0.1, 0.15) is 135 Å². The SMILES string of the molecule is CC[C@H](C)[C@@H]([C@@H](CC(=O)N1CCC[C@H]1[C@H](OC)[C@@H](C)CN[C@@H](Cc1ccccc1)C(=O)OCC(C)C)OC)N(C)C(=O)[C@@H](NC(=O)[C@H](C(C)C)N(CCON1C(=O)c2ccccc2C1=O)C(=O)OC(C)(C)C)C(C)C. The number of hydrogen-bond acceptors (Lipinski definition) is 13. The molecule has 18 heteroatoms. The topological polar surface area (TPSA) is 203 Å². The van der Waals surface area contributed by atoms with Crippen LogP contribution >= 0.6 is 0 Å². The highest BCUT2D eigenvalue weighted by atomic mass is 16.7. The normalized spacial score (nSPS) is 18.0. The molecule has 2 aromatic carbocycles. The van der Waals surface area contributed by atoms with Crippen molar-refractivity contribution in [3.8, 4) is 0 Å². The first-order valence-electron chi connectivity index (χ1n) is 26.8. The lowest BCUT2D eigenvalue weighted by Crippen LogP contribution is -2.61. The van der Waals surface area contributed by atoms with Gasteiger partial charge >= 0.3 is 12.1 Å². The van der Waals surface area contributed by atoms with Crippen LogP contribution in [-0.4, -0.2) is 163 Å². The molecule has 18 nitrogen and oxygen atoms in total. The summed E-state index contributed by atoms with van der Waals surface area (Å²) in [6.45, 7) is 23.0. The predicted molar refractivity (Wildman–Crippen MR) is 285 cm³/mol. The number of benzene rings is 2. The predicted octanol–water partition coefficient (Wildman–Crippen LogP) is 6.94. The molecule has 0 aromatic heterocycles. The van der Waals surface area contributed by atoms with Crippen molar-refractivity contribution in [1.29, 1.82) is 0 Å². The summed E-state index contributed by atoms with van der Waals surface area (Å²) in [7, 11) is 4.85. The molecule has 1 saturated heterocycles. The van der Waals surface area contributed by atoms with Gasteiger partial charge in [-0.05, 0) is 87.3 Å². The molecule has 0 spiro atoms. The number of carbonyl (C=O) groups is 7. The maximum Gasteiger partial charge on any atom is 0.411 e. The largest absolute Gasteiger partial charge is 0.464 e. The van der Waals surface area contributed by atoms with Crippen molar-refractivity contribution in [1.82, 2.24) is 30.4 Å². The zero-order valence-corrected chi connectivity index (χ0v) is 47.4. The average molecular weight is 1050 g/mol. The van der Waals surface area contributed by atoms with Crippen LogP contribution in [0.4, 0.5) is 4.79 Å². The smallest absolute Gasteiger partial charge is 0.411 e. The lowest BCUT2D eigenvalue weighted by Gasteiger charge is -2.41. The maximum absolute atomic E-state index is 14.9. The van der Waals surface area contributed by atoms with Gasteiger partial charge in [-0.25, -0.2) is 4.79 Å². The molecule has 0 saturated carbocycles. The number of imide groups is 1. The van der Waals surface area contributed by atoms with Gasteiger partial charge in [0.1, 0.15) is 23.7 Å². The number of methoxy groups -OCH3 is 2. The Bertz CT molecular complexity index is 2180. The second-order valence-corrected chi connectivity index (χ2v) is 22.3. The maximum atomic E-state index is 14.9. The quantitative estimate of drug-likeness (QED) is 0.0657. The van der Waals surface area contributed by atoms with Crippen LogP contribution in [0.25, 0.3) is 0 Å². The molecule has 0 radical (unpaired) electrons. The number of ether oxygens (including phenoxy) is 4. The van der Waals surface area contributed by atoms with Crippen LogP contribution in [0.3, 0.4) is 0 Å². The van der Waals surface area contributed by atoms with Gasteiger partial charge in [0.2, 0.25) is 17.7 Å². The Hall–Kier alpha value is -5.43. The number of hydrogen-bond donors (Lipinski definition) is 2. The molecular weight excluding hydrogens is 961 g/mol. The van der Waals surface area contributed by atoms with E-state index < -0.39 is 77.4 Å². The fourth-order valence-electron chi connectivity index (χ4n) is 10.1. The molecule has 9 atom stereocenters. The molecule has 0 unspecified atom stereocenters. The lowest BCUT2D eigenvalue weighted by atomic mass is 9.89. The molecule has 75 heavy (non-hydrogen) atoms. The molecule has 2 aliphatic rings. The van der Waals surface area contributed by atoms with Gasteiger partial charge in [-0.2, -0.15) is 0 Å². The Kier molecular flexibility index (Phi) is 23.7. The minimum absolute atomic E-state index is 0.0225. The summed E-state index contributed by atoms with van der Waals surface area (Å²) in [5.74, 6) is -3.74. The first-order valence-corrected chi connectivity index (χ1v) is 26.8. The number of likely N-dealkylation sites (tertiary alicyclic amines) is 1. The third kappa shape index (κ3) is 16.8. The van der Waals surface area contributed by atoms with E-state index in [-0.39, 0.29) is 72.5 Å². The lowest BCUT2D eigenvalue weighted by molar-refractivity contribution is -0.147. The summed E-state index contributed by atoms with van der Waals surface area (Å²) in [6, 6.07) is 12.5. The summed E-state index contributed by atoms with van der Waals surface area (Å²) in [4.78, 5) is 108. The summed E-state index contributed by atoms with van der Waals surface area (Å²) in [5.41, 5.74) is 0.442. The van der Waals surface area contributed by atoms with Gasteiger partial charge in [-0.1, -0.05) is 111 Å². The van der Waals surface area contributed by atoms with Crippen molar-refractivity contribution >= 4 is 41.6 Å². The number of fused-ring (bicyclic) bond motifs is 1. The third-order valence-corrected chi connectivity index (χ3v) is 14.1. The van der Waals surface area contributed by atoms with E-state index in [4.69, 9.17) is 23.8 Å². The fourth-order valence-corrected chi connectivity index (χ4v) is 10.1. The van der Waals surface area contributed by atoms with E-state index >= 15 is 0 Å². The molecule has 2 N–H and O–H groups in total. The molecule has 2 aliphatic heterocycles. The van der Waals surface area contributed by atoms with E-state index in [1.165, 1.54) is 24.1 Å². The number of hydroxylamine groups is 2. The Balaban J connectivity index is 1.51. The van der Waals surface area contributed by atoms with Crippen LogP contribution in [0, 0.1) is 29.6 Å². The first kappa shape index (κ1) is 62.1. The molecule has 6 amide bonds. The molecule has 2 heterocycles. The summed E-state index contributed by atoms with van der Waals surface area (Å²) >= 11 is 0. The van der Waals surface area contributed by atoms with Crippen LogP contribution in [0.5, 0.6) is 0 Å². The van der Waals surface area contributed by atoms with Gasteiger partial charge in [0.05, 0.1) is 61.6 Å². The number of nitrogens with one attached hydrogen (secondary N) is 2. The highest BCUT2D eigenvalue weighted by Gasteiger charge is 2.44. The molecule has 1 fully saturated rings. The van der Waals surface area contributed by atoms with Crippen LogP contribution in [0.2, 0.25) is 0 Å². The van der Waals surface area contributed by atoms with Crippen molar-refractivity contribution in [2.24, 2.45) is 29.6 Å². The van der Waals surface area contributed by atoms with Gasteiger partial charge in [0, 0.05) is 34.4 Å². The molecule has 0 bridgehead atoms. The number of carbonyl (C=O) groups excluding carboxylic acids is 7. The van der Waals surface area contributed by atoms with E-state index in [2.05, 4.69) is 17.6 Å². The average Bonchev–Trinajstić information content (AvgIpc) is 3.94. The Morgan fingerprint density at radius 2 is 1.44 bits per heavy atom. The second-order valence-electron chi connectivity index (χ2n) is 22.3. The fraction of sp³-hybridized carbons (Fsp3) is 0.667. The monoisotopic (exact) mass is 1050 g/mol. The Labute approximate surface area is 446 Å². The van der Waals surface area contributed by atoms with E-state index in [0.717, 1.165) is 18.4 Å². The van der Waals surface area contributed by atoms with E-state index in [1.54, 1.807) is 65.8 Å². The van der Waals surface area contributed by atoms with Gasteiger partial charge in [-0.15, -0.1) is 5.06 Å². The van der Waals surface area contributed by atoms with Gasteiger partial charge < -0.3 is 39.4 Å². The number of rotatable bonds is 28. The minimum Gasteiger partial charge on any atom is -0.464 e. The van der Waals surface area contributed by atoms with Crippen LogP contribution < -0.4 is 10.6 Å². The van der Waals surface area contributed by atoms with Crippen molar-refractivity contribution in [2.75, 3.05) is 54.1 Å². The molecule has 0 aliphatic carbocycles.